The van der Waals surface area contributed by atoms with Gasteiger partial charge in [0.25, 0.3) is 5.91 Å². The van der Waals surface area contributed by atoms with Gasteiger partial charge in [-0.05, 0) is 54.6 Å². The van der Waals surface area contributed by atoms with Crippen molar-refractivity contribution in [2.45, 2.75) is 4.90 Å². The van der Waals surface area contributed by atoms with Crippen molar-refractivity contribution in [1.82, 2.24) is 0 Å². The van der Waals surface area contributed by atoms with Gasteiger partial charge >= 0.3 is 0 Å². The van der Waals surface area contributed by atoms with Gasteiger partial charge in [0.15, 0.2) is 23.0 Å². The molecule has 1 amide bonds. The molecule has 0 spiro atoms. The van der Waals surface area contributed by atoms with Gasteiger partial charge in [-0.15, -0.1) is 11.8 Å². The van der Waals surface area contributed by atoms with Crippen LogP contribution in [0.2, 0.25) is 0 Å². The van der Waals surface area contributed by atoms with E-state index in [-0.39, 0.29) is 23.2 Å². The molecule has 3 aromatic rings. The van der Waals surface area contributed by atoms with E-state index in [1.165, 1.54) is 25.1 Å². The maximum atomic E-state index is 12.4. The number of thioether (sulfide) groups is 1. The van der Waals surface area contributed by atoms with Gasteiger partial charge < -0.3 is 19.2 Å². The van der Waals surface area contributed by atoms with E-state index in [4.69, 9.17) is 13.9 Å². The number of benzene rings is 2. The Morgan fingerprint density at radius 2 is 1.75 bits per heavy atom. The summed E-state index contributed by atoms with van der Waals surface area (Å²) in [7, 11) is 3.09. The second-order valence-corrected chi connectivity index (χ2v) is 6.79. The minimum absolute atomic E-state index is 0.0128. The van der Waals surface area contributed by atoms with Crippen LogP contribution in [-0.2, 0) is 0 Å². The molecule has 3 rings (SSSR count). The second-order valence-electron chi connectivity index (χ2n) is 5.74. The highest BCUT2D eigenvalue weighted by atomic mass is 32.2. The first-order chi connectivity index (χ1) is 13.6. The van der Waals surface area contributed by atoms with Crippen LogP contribution in [0.5, 0.6) is 11.5 Å². The number of Topliss-reactive ketones (excluding diaryl/α,β-unsaturated/α-hetero) is 1. The smallest absolute Gasteiger partial charge is 0.291 e. The van der Waals surface area contributed by atoms with E-state index in [9.17, 15) is 9.59 Å². The number of rotatable bonds is 8. The molecule has 0 bridgehead atoms. The molecular weight excluding hydrogens is 378 g/mol. The third-order valence-electron chi connectivity index (χ3n) is 3.93. The molecule has 1 heterocycles. The first-order valence-corrected chi connectivity index (χ1v) is 9.42. The van der Waals surface area contributed by atoms with Gasteiger partial charge in [-0.2, -0.15) is 0 Å². The highest BCUT2D eigenvalue weighted by molar-refractivity contribution is 8.00. The Bertz CT molecular complexity index is 951. The van der Waals surface area contributed by atoms with Crippen LogP contribution in [0.1, 0.15) is 20.9 Å². The Kier molecular flexibility index (Phi) is 6.39. The number of methoxy groups -OCH3 is 2. The number of hydrogen-bond donors (Lipinski definition) is 1. The number of hydrogen-bond acceptors (Lipinski definition) is 6. The van der Waals surface area contributed by atoms with E-state index in [1.54, 1.807) is 49.6 Å². The summed E-state index contributed by atoms with van der Waals surface area (Å²) in [6.07, 6.45) is 1.45. The van der Waals surface area contributed by atoms with Crippen LogP contribution in [0.3, 0.4) is 0 Å². The summed E-state index contributed by atoms with van der Waals surface area (Å²) in [4.78, 5) is 25.3. The first-order valence-electron chi connectivity index (χ1n) is 8.43. The summed E-state index contributed by atoms with van der Waals surface area (Å²) < 4.78 is 15.5. The summed E-state index contributed by atoms with van der Waals surface area (Å²) in [5, 5.41) is 2.75. The third kappa shape index (κ3) is 4.75. The third-order valence-corrected chi connectivity index (χ3v) is 4.94. The van der Waals surface area contributed by atoms with E-state index in [2.05, 4.69) is 5.32 Å². The molecule has 0 unspecified atom stereocenters. The van der Waals surface area contributed by atoms with Crippen molar-refractivity contribution in [3.8, 4) is 11.5 Å². The molecule has 2 aromatic carbocycles. The summed E-state index contributed by atoms with van der Waals surface area (Å²) in [6, 6.07) is 15.6. The number of carbonyl (C=O) groups excluding carboxylic acids is 2. The standard InChI is InChI=1S/C21H19NO5S/c1-25-18-10-5-14(12-20(18)26-2)17(23)13-28-16-8-6-15(7-9-16)22-21(24)19-4-3-11-27-19/h3-12H,13H2,1-2H3,(H,22,24). The molecule has 1 aromatic heterocycles. The number of nitrogens with one attached hydrogen (secondary N) is 1. The van der Waals surface area contributed by atoms with Gasteiger partial charge in [-0.25, -0.2) is 0 Å². The molecule has 0 aliphatic rings. The highest BCUT2D eigenvalue weighted by Gasteiger charge is 2.12. The first kappa shape index (κ1) is 19.6. The van der Waals surface area contributed by atoms with Gasteiger partial charge in [0.05, 0.1) is 26.2 Å². The Labute approximate surface area is 166 Å². The van der Waals surface area contributed by atoms with E-state index >= 15 is 0 Å². The Morgan fingerprint density at radius 3 is 2.39 bits per heavy atom. The predicted octanol–water partition coefficient (Wildman–Crippen LogP) is 4.52. The fourth-order valence-corrected chi connectivity index (χ4v) is 3.27. The molecule has 0 fully saturated rings. The lowest BCUT2D eigenvalue weighted by Gasteiger charge is -2.09. The summed E-state index contributed by atoms with van der Waals surface area (Å²) in [5.74, 6) is 1.32. The molecule has 144 valence electrons. The van der Waals surface area contributed by atoms with Crippen LogP contribution in [0.15, 0.2) is 70.2 Å². The Balaban J connectivity index is 1.57. The lowest BCUT2D eigenvalue weighted by atomic mass is 10.1. The molecule has 1 N–H and O–H groups in total. The lowest BCUT2D eigenvalue weighted by molar-refractivity contribution is 0.0994. The van der Waals surface area contributed by atoms with E-state index in [0.717, 1.165) is 4.90 Å². The van der Waals surface area contributed by atoms with Crippen molar-refractivity contribution in [2.24, 2.45) is 0 Å². The topological polar surface area (TPSA) is 77.8 Å². The van der Waals surface area contributed by atoms with Crippen molar-refractivity contribution in [3.05, 3.63) is 72.2 Å². The fraction of sp³-hybridized carbons (Fsp3) is 0.143. The number of anilines is 1. The number of amides is 1. The molecule has 0 saturated carbocycles. The maximum Gasteiger partial charge on any atom is 0.291 e. The van der Waals surface area contributed by atoms with Crippen LogP contribution in [0.25, 0.3) is 0 Å². The number of ketones is 1. The minimum Gasteiger partial charge on any atom is -0.493 e. The number of ether oxygens (including phenoxy) is 2. The molecule has 6 nitrogen and oxygen atoms in total. The molecular formula is C21H19NO5S. The average Bonchev–Trinajstić information content (AvgIpc) is 3.27. The van der Waals surface area contributed by atoms with Crippen molar-refractivity contribution in [3.63, 3.8) is 0 Å². The molecule has 0 aliphatic carbocycles. The largest absolute Gasteiger partial charge is 0.493 e. The van der Waals surface area contributed by atoms with Gasteiger partial charge in [0.1, 0.15) is 0 Å². The molecule has 0 saturated heterocycles. The predicted molar refractivity (Wildman–Crippen MR) is 108 cm³/mol. The SMILES string of the molecule is COc1ccc(C(=O)CSc2ccc(NC(=O)c3ccco3)cc2)cc1OC. The van der Waals surface area contributed by atoms with Gasteiger partial charge in [0.2, 0.25) is 0 Å². The molecule has 28 heavy (non-hydrogen) atoms. The summed E-state index contributed by atoms with van der Waals surface area (Å²) in [6.45, 7) is 0. The highest BCUT2D eigenvalue weighted by Crippen LogP contribution is 2.29. The molecule has 0 atom stereocenters. The summed E-state index contributed by atoms with van der Waals surface area (Å²) in [5.41, 5.74) is 1.21. The number of carbonyl (C=O) groups is 2. The Morgan fingerprint density at radius 1 is 1.00 bits per heavy atom. The Hall–Kier alpha value is -3.19. The van der Waals surface area contributed by atoms with Crippen LogP contribution in [-0.4, -0.2) is 31.7 Å². The zero-order chi connectivity index (χ0) is 19.9. The zero-order valence-corrected chi connectivity index (χ0v) is 16.2. The molecule has 0 radical (unpaired) electrons. The van der Waals surface area contributed by atoms with E-state index in [0.29, 0.717) is 22.7 Å². The molecule has 0 aliphatic heterocycles. The van der Waals surface area contributed by atoms with Crippen molar-refractivity contribution < 1.29 is 23.5 Å². The van der Waals surface area contributed by atoms with Crippen LogP contribution in [0.4, 0.5) is 5.69 Å². The van der Waals surface area contributed by atoms with Crippen molar-refractivity contribution in [1.29, 1.82) is 0 Å². The minimum atomic E-state index is -0.311. The zero-order valence-electron chi connectivity index (χ0n) is 15.4. The average molecular weight is 397 g/mol. The van der Waals surface area contributed by atoms with E-state index < -0.39 is 0 Å². The normalized spacial score (nSPS) is 10.4. The van der Waals surface area contributed by atoms with E-state index in [1.807, 2.05) is 12.1 Å². The van der Waals surface area contributed by atoms with Crippen LogP contribution >= 0.6 is 11.8 Å². The summed E-state index contributed by atoms with van der Waals surface area (Å²) >= 11 is 1.42. The van der Waals surface area contributed by atoms with Gasteiger partial charge in [0, 0.05) is 16.1 Å². The van der Waals surface area contributed by atoms with Crippen molar-refractivity contribution in [2.75, 3.05) is 25.3 Å². The monoisotopic (exact) mass is 397 g/mol. The van der Waals surface area contributed by atoms with Gasteiger partial charge in [-0.3, -0.25) is 9.59 Å². The van der Waals surface area contributed by atoms with Crippen LogP contribution < -0.4 is 14.8 Å². The van der Waals surface area contributed by atoms with Gasteiger partial charge in [-0.1, -0.05) is 0 Å². The number of furan rings is 1. The fourth-order valence-electron chi connectivity index (χ4n) is 2.48. The quantitative estimate of drug-likeness (QED) is 0.445. The second kappa shape index (κ2) is 9.14. The van der Waals surface area contributed by atoms with Crippen molar-refractivity contribution >= 4 is 29.1 Å². The lowest BCUT2D eigenvalue weighted by Crippen LogP contribution is -2.10. The van der Waals surface area contributed by atoms with Crippen LogP contribution in [0, 0.1) is 0 Å². The molecule has 7 heteroatoms. The maximum absolute atomic E-state index is 12.4.